The number of aryl methyl sites for hydroxylation is 1. The van der Waals surface area contributed by atoms with E-state index in [1.165, 1.54) is 12.1 Å². The Morgan fingerprint density at radius 1 is 1.00 bits per heavy atom. The number of halogens is 3. The fourth-order valence-electron chi connectivity index (χ4n) is 1.66. The van der Waals surface area contributed by atoms with Crippen LogP contribution in [0.25, 0.3) is 11.1 Å². The average molecular weight is 255 g/mol. The van der Waals surface area contributed by atoms with E-state index in [2.05, 4.69) is 0 Å². The zero-order valence-electron chi connectivity index (χ0n) is 8.60. The molecule has 0 saturated heterocycles. The number of hydrogen-bond donors (Lipinski definition) is 0. The molecule has 3 heteroatoms. The molecule has 0 fully saturated rings. The Hall–Kier alpha value is -1.05. The first-order valence-corrected chi connectivity index (χ1v) is 5.55. The third-order valence-electron chi connectivity index (χ3n) is 2.42. The summed E-state index contributed by atoms with van der Waals surface area (Å²) in [6.45, 7) is 1.83. The van der Waals surface area contributed by atoms with E-state index < -0.39 is 0 Å². The molecule has 0 unspecified atom stereocenters. The lowest BCUT2D eigenvalue weighted by Crippen LogP contribution is -1.87. The summed E-state index contributed by atoms with van der Waals surface area (Å²) < 4.78 is 13.0. The standard InChI is InChI=1S/C13H9Cl2F/c1-8-7-9(16)5-6-10(8)13-11(14)3-2-4-12(13)15/h2-7H,1H3. The van der Waals surface area contributed by atoms with Gasteiger partial charge in [-0.05, 0) is 42.3 Å². The van der Waals surface area contributed by atoms with Crippen LogP contribution in [-0.4, -0.2) is 0 Å². The Balaban J connectivity index is 2.68. The Morgan fingerprint density at radius 2 is 1.62 bits per heavy atom. The number of rotatable bonds is 1. The van der Waals surface area contributed by atoms with E-state index in [0.29, 0.717) is 10.0 Å². The molecular weight excluding hydrogens is 246 g/mol. The number of hydrogen-bond acceptors (Lipinski definition) is 0. The van der Waals surface area contributed by atoms with Crippen LogP contribution in [0.1, 0.15) is 5.56 Å². The molecule has 0 bridgehead atoms. The summed E-state index contributed by atoms with van der Waals surface area (Å²) in [5.74, 6) is -0.260. The highest BCUT2D eigenvalue weighted by atomic mass is 35.5. The highest BCUT2D eigenvalue weighted by Gasteiger charge is 2.10. The highest BCUT2D eigenvalue weighted by Crippen LogP contribution is 2.36. The Labute approximate surface area is 104 Å². The summed E-state index contributed by atoms with van der Waals surface area (Å²) in [5.41, 5.74) is 2.43. The molecule has 0 saturated carbocycles. The maximum atomic E-state index is 13.0. The van der Waals surface area contributed by atoms with Gasteiger partial charge >= 0.3 is 0 Å². The van der Waals surface area contributed by atoms with Crippen molar-refractivity contribution in [3.05, 3.63) is 57.8 Å². The van der Waals surface area contributed by atoms with E-state index >= 15 is 0 Å². The van der Waals surface area contributed by atoms with Crippen LogP contribution in [0.5, 0.6) is 0 Å². The molecule has 0 amide bonds. The van der Waals surface area contributed by atoms with Gasteiger partial charge in [-0.15, -0.1) is 0 Å². The maximum Gasteiger partial charge on any atom is 0.123 e. The van der Waals surface area contributed by atoms with Crippen LogP contribution in [0, 0.1) is 12.7 Å². The molecule has 0 radical (unpaired) electrons. The van der Waals surface area contributed by atoms with E-state index in [1.807, 2.05) is 6.92 Å². The Kier molecular flexibility index (Phi) is 3.17. The molecule has 0 spiro atoms. The van der Waals surface area contributed by atoms with Gasteiger partial charge in [0.15, 0.2) is 0 Å². The average Bonchev–Trinajstić information content (AvgIpc) is 2.20. The monoisotopic (exact) mass is 254 g/mol. The molecule has 0 aliphatic carbocycles. The van der Waals surface area contributed by atoms with E-state index in [4.69, 9.17) is 23.2 Å². The highest BCUT2D eigenvalue weighted by molar-refractivity contribution is 6.39. The van der Waals surface area contributed by atoms with Crippen molar-refractivity contribution in [3.63, 3.8) is 0 Å². The van der Waals surface area contributed by atoms with Crippen molar-refractivity contribution in [2.24, 2.45) is 0 Å². The minimum absolute atomic E-state index is 0.260. The van der Waals surface area contributed by atoms with Gasteiger partial charge in [0.1, 0.15) is 5.82 Å². The third kappa shape index (κ3) is 2.06. The maximum absolute atomic E-state index is 13.0. The van der Waals surface area contributed by atoms with Gasteiger partial charge in [-0.2, -0.15) is 0 Å². The Morgan fingerprint density at radius 3 is 2.19 bits per heavy atom. The van der Waals surface area contributed by atoms with Crippen LogP contribution in [0.2, 0.25) is 10.0 Å². The second kappa shape index (κ2) is 4.44. The normalized spacial score (nSPS) is 10.5. The summed E-state index contributed by atoms with van der Waals surface area (Å²) in [4.78, 5) is 0. The molecule has 0 aromatic heterocycles. The van der Waals surface area contributed by atoms with Crippen LogP contribution in [-0.2, 0) is 0 Å². The molecule has 0 N–H and O–H groups in total. The fourth-order valence-corrected chi connectivity index (χ4v) is 2.26. The van der Waals surface area contributed by atoms with Crippen molar-refractivity contribution in [1.29, 1.82) is 0 Å². The van der Waals surface area contributed by atoms with Crippen LogP contribution < -0.4 is 0 Å². The molecule has 0 heterocycles. The van der Waals surface area contributed by atoms with Crippen molar-refractivity contribution >= 4 is 23.2 Å². The lowest BCUT2D eigenvalue weighted by Gasteiger charge is -2.10. The van der Waals surface area contributed by atoms with E-state index in [-0.39, 0.29) is 5.82 Å². The SMILES string of the molecule is Cc1cc(F)ccc1-c1c(Cl)cccc1Cl. The van der Waals surface area contributed by atoms with Gasteiger partial charge in [0.05, 0.1) is 0 Å². The predicted molar refractivity (Wildman–Crippen MR) is 66.6 cm³/mol. The van der Waals surface area contributed by atoms with Crippen LogP contribution in [0.3, 0.4) is 0 Å². The van der Waals surface area contributed by atoms with E-state index in [1.54, 1.807) is 24.3 Å². The molecule has 2 aromatic rings. The topological polar surface area (TPSA) is 0 Å². The van der Waals surface area contributed by atoms with Gasteiger partial charge in [-0.1, -0.05) is 35.3 Å². The molecule has 2 rings (SSSR count). The predicted octanol–water partition coefficient (Wildman–Crippen LogP) is 5.11. The van der Waals surface area contributed by atoms with Crippen molar-refractivity contribution in [2.45, 2.75) is 6.92 Å². The van der Waals surface area contributed by atoms with Gasteiger partial charge in [0.25, 0.3) is 0 Å². The quantitative estimate of drug-likeness (QED) is 0.664. The van der Waals surface area contributed by atoms with Gasteiger partial charge in [0, 0.05) is 15.6 Å². The first-order valence-electron chi connectivity index (χ1n) is 4.80. The van der Waals surface area contributed by atoms with E-state index in [9.17, 15) is 4.39 Å². The number of benzene rings is 2. The first-order chi connectivity index (χ1) is 7.59. The van der Waals surface area contributed by atoms with Crippen molar-refractivity contribution in [2.75, 3.05) is 0 Å². The van der Waals surface area contributed by atoms with Gasteiger partial charge in [-0.25, -0.2) is 4.39 Å². The summed E-state index contributed by atoms with van der Waals surface area (Å²) in [7, 11) is 0. The smallest absolute Gasteiger partial charge is 0.123 e. The molecular formula is C13H9Cl2F. The molecule has 0 nitrogen and oxygen atoms in total. The van der Waals surface area contributed by atoms with Crippen molar-refractivity contribution in [1.82, 2.24) is 0 Å². The molecule has 0 atom stereocenters. The minimum atomic E-state index is -0.260. The Bertz CT molecular complexity index is 515. The van der Waals surface area contributed by atoms with Crippen molar-refractivity contribution in [3.8, 4) is 11.1 Å². The largest absolute Gasteiger partial charge is 0.207 e. The lowest BCUT2D eigenvalue weighted by atomic mass is 10.0. The summed E-state index contributed by atoms with van der Waals surface area (Å²) in [6.07, 6.45) is 0. The zero-order chi connectivity index (χ0) is 11.7. The molecule has 0 aliphatic heterocycles. The first kappa shape index (κ1) is 11.4. The van der Waals surface area contributed by atoms with Gasteiger partial charge in [-0.3, -0.25) is 0 Å². The fraction of sp³-hybridized carbons (Fsp3) is 0.0769. The van der Waals surface area contributed by atoms with Crippen LogP contribution >= 0.6 is 23.2 Å². The van der Waals surface area contributed by atoms with Crippen LogP contribution in [0.4, 0.5) is 4.39 Å². The van der Waals surface area contributed by atoms with Gasteiger partial charge in [0.2, 0.25) is 0 Å². The lowest BCUT2D eigenvalue weighted by molar-refractivity contribution is 0.627. The zero-order valence-corrected chi connectivity index (χ0v) is 10.1. The van der Waals surface area contributed by atoms with E-state index in [0.717, 1.165) is 16.7 Å². The second-order valence-corrected chi connectivity index (χ2v) is 4.37. The van der Waals surface area contributed by atoms with Crippen LogP contribution in [0.15, 0.2) is 36.4 Å². The molecule has 0 aliphatic rings. The second-order valence-electron chi connectivity index (χ2n) is 3.56. The molecule has 16 heavy (non-hydrogen) atoms. The van der Waals surface area contributed by atoms with Gasteiger partial charge < -0.3 is 0 Å². The summed E-state index contributed by atoms with van der Waals surface area (Å²) in [5, 5.41) is 1.14. The summed E-state index contributed by atoms with van der Waals surface area (Å²) in [6, 6.07) is 9.89. The van der Waals surface area contributed by atoms with Crippen molar-refractivity contribution < 1.29 is 4.39 Å². The third-order valence-corrected chi connectivity index (χ3v) is 3.05. The minimum Gasteiger partial charge on any atom is -0.207 e. The summed E-state index contributed by atoms with van der Waals surface area (Å²) >= 11 is 12.2. The molecule has 82 valence electrons. The molecule has 2 aromatic carbocycles.